The number of hydrogen-bond donors (Lipinski definition) is 1. The number of nitrogens with one attached hydrogen (secondary N) is 1. The Balaban J connectivity index is 0.00000161. The molecule has 2 aliphatic rings. The Kier molecular flexibility index (Phi) is 5.69. The smallest absolute Gasteiger partial charge is 0.222 e. The number of carbonyl (C=O) groups excluding carboxylic acids is 1. The highest BCUT2D eigenvalue weighted by Gasteiger charge is 2.34. The van der Waals surface area contributed by atoms with Gasteiger partial charge in [0.05, 0.1) is 6.54 Å². The fourth-order valence-corrected chi connectivity index (χ4v) is 4.58. The predicted octanol–water partition coefficient (Wildman–Crippen LogP) is 3.36. The summed E-state index contributed by atoms with van der Waals surface area (Å²) < 4.78 is 0. The Bertz CT molecular complexity index is 478. The lowest BCUT2D eigenvalue weighted by Gasteiger charge is -2.29. The van der Waals surface area contributed by atoms with E-state index in [1.165, 1.54) is 35.4 Å². The van der Waals surface area contributed by atoms with Crippen LogP contribution in [-0.4, -0.2) is 29.9 Å². The number of aryl methyl sites for hydroxylation is 1. The van der Waals surface area contributed by atoms with Gasteiger partial charge in [-0.05, 0) is 50.7 Å². The second-order valence-electron chi connectivity index (χ2n) is 6.44. The molecule has 0 aliphatic carbocycles. The number of piperidine rings is 1. The third-order valence-electron chi connectivity index (χ3n) is 4.65. The van der Waals surface area contributed by atoms with Gasteiger partial charge in [0.25, 0.3) is 0 Å². The van der Waals surface area contributed by atoms with E-state index in [9.17, 15) is 4.79 Å². The van der Waals surface area contributed by atoms with Crippen LogP contribution >= 0.6 is 23.7 Å². The summed E-state index contributed by atoms with van der Waals surface area (Å²) in [5.74, 6) is 0.899. The molecular formula is C16H25ClN2OS. The van der Waals surface area contributed by atoms with Crippen LogP contribution in [0.25, 0.3) is 0 Å². The van der Waals surface area contributed by atoms with Crippen LogP contribution in [0.1, 0.15) is 41.9 Å². The number of amides is 1. The summed E-state index contributed by atoms with van der Waals surface area (Å²) in [5.41, 5.74) is 0. The summed E-state index contributed by atoms with van der Waals surface area (Å²) in [4.78, 5) is 16.9. The zero-order valence-corrected chi connectivity index (χ0v) is 14.4. The van der Waals surface area contributed by atoms with E-state index < -0.39 is 0 Å². The standard InChI is InChI=1S/C16H24N2OS.ClH/c1-11-3-6-15(20-11)10-18(2)16(19)9-12-7-13-4-5-14(8-12)17-13;/h3,6,12-14,17H,4-5,7-10H2,1-2H3;1H. The van der Waals surface area contributed by atoms with Gasteiger partial charge in [-0.15, -0.1) is 23.7 Å². The van der Waals surface area contributed by atoms with E-state index in [1.54, 1.807) is 11.3 Å². The van der Waals surface area contributed by atoms with E-state index in [1.807, 2.05) is 11.9 Å². The van der Waals surface area contributed by atoms with Crippen molar-refractivity contribution in [1.82, 2.24) is 10.2 Å². The predicted molar refractivity (Wildman–Crippen MR) is 90.1 cm³/mol. The summed E-state index contributed by atoms with van der Waals surface area (Å²) in [6.07, 6.45) is 5.72. The zero-order valence-electron chi connectivity index (χ0n) is 12.8. The molecule has 0 spiro atoms. The number of thiophene rings is 1. The second kappa shape index (κ2) is 7.12. The molecule has 2 aliphatic heterocycles. The molecule has 2 saturated heterocycles. The van der Waals surface area contributed by atoms with Crippen molar-refractivity contribution < 1.29 is 4.79 Å². The highest BCUT2D eigenvalue weighted by atomic mass is 35.5. The number of halogens is 1. The third kappa shape index (κ3) is 4.21. The van der Waals surface area contributed by atoms with Gasteiger partial charge in [-0.1, -0.05) is 0 Å². The van der Waals surface area contributed by atoms with Gasteiger partial charge >= 0.3 is 0 Å². The van der Waals surface area contributed by atoms with E-state index in [0.717, 1.165) is 13.0 Å². The first-order chi connectivity index (χ1) is 9.60. The lowest BCUT2D eigenvalue weighted by Crippen LogP contribution is -2.39. The Hall–Kier alpha value is -0.580. The number of nitrogens with zero attached hydrogens (tertiary/aromatic N) is 1. The van der Waals surface area contributed by atoms with E-state index in [0.29, 0.717) is 23.9 Å². The monoisotopic (exact) mass is 328 g/mol. The Morgan fingerprint density at radius 1 is 1.33 bits per heavy atom. The third-order valence-corrected chi connectivity index (χ3v) is 5.63. The number of rotatable bonds is 4. The van der Waals surface area contributed by atoms with Crippen molar-refractivity contribution in [2.45, 2.75) is 57.7 Å². The average Bonchev–Trinajstić information content (AvgIpc) is 2.95. The van der Waals surface area contributed by atoms with Crippen LogP contribution in [0, 0.1) is 12.8 Å². The molecule has 3 rings (SSSR count). The van der Waals surface area contributed by atoms with Crippen LogP contribution in [0.3, 0.4) is 0 Å². The molecule has 2 atom stereocenters. The Labute approximate surface area is 137 Å². The molecule has 2 unspecified atom stereocenters. The molecule has 2 fully saturated rings. The van der Waals surface area contributed by atoms with Crippen LogP contribution in [0.5, 0.6) is 0 Å². The van der Waals surface area contributed by atoms with Crippen molar-refractivity contribution in [3.05, 3.63) is 21.9 Å². The van der Waals surface area contributed by atoms with Gasteiger partial charge < -0.3 is 10.2 Å². The van der Waals surface area contributed by atoms with Crippen molar-refractivity contribution in [3.63, 3.8) is 0 Å². The molecule has 5 heteroatoms. The van der Waals surface area contributed by atoms with Crippen LogP contribution in [0.4, 0.5) is 0 Å². The Morgan fingerprint density at radius 2 is 2.00 bits per heavy atom. The van der Waals surface area contributed by atoms with Gasteiger partial charge in [-0.2, -0.15) is 0 Å². The molecule has 0 radical (unpaired) electrons. The van der Waals surface area contributed by atoms with Gasteiger partial charge in [-0.3, -0.25) is 4.79 Å². The van der Waals surface area contributed by atoms with Gasteiger partial charge in [-0.25, -0.2) is 0 Å². The lowest BCUT2D eigenvalue weighted by atomic mass is 9.89. The molecule has 0 aromatic carbocycles. The van der Waals surface area contributed by atoms with Crippen LogP contribution in [-0.2, 0) is 11.3 Å². The van der Waals surface area contributed by atoms with Gasteiger partial charge in [0.15, 0.2) is 0 Å². The molecule has 1 aromatic heterocycles. The van der Waals surface area contributed by atoms with Crippen LogP contribution < -0.4 is 5.32 Å². The molecule has 0 saturated carbocycles. The van der Waals surface area contributed by atoms with E-state index in [4.69, 9.17) is 0 Å². The molecule has 118 valence electrons. The summed E-state index contributed by atoms with van der Waals surface area (Å²) in [6, 6.07) is 5.62. The molecule has 1 aromatic rings. The molecule has 1 amide bonds. The van der Waals surface area contributed by atoms with Crippen molar-refractivity contribution in [2.75, 3.05) is 7.05 Å². The fourth-order valence-electron chi connectivity index (χ4n) is 3.64. The first kappa shape index (κ1) is 16.8. The molecule has 3 nitrogen and oxygen atoms in total. The van der Waals surface area contributed by atoms with Crippen LogP contribution in [0.2, 0.25) is 0 Å². The average molecular weight is 329 g/mol. The van der Waals surface area contributed by atoms with E-state index in [2.05, 4.69) is 24.4 Å². The normalized spacial score (nSPS) is 27.2. The van der Waals surface area contributed by atoms with Crippen molar-refractivity contribution >= 4 is 29.7 Å². The van der Waals surface area contributed by atoms with Crippen molar-refractivity contribution in [3.8, 4) is 0 Å². The molecule has 21 heavy (non-hydrogen) atoms. The van der Waals surface area contributed by atoms with E-state index >= 15 is 0 Å². The lowest BCUT2D eigenvalue weighted by molar-refractivity contribution is -0.131. The highest BCUT2D eigenvalue weighted by molar-refractivity contribution is 7.11. The topological polar surface area (TPSA) is 32.3 Å². The molecule has 1 N–H and O–H groups in total. The fraction of sp³-hybridized carbons (Fsp3) is 0.688. The maximum absolute atomic E-state index is 12.4. The zero-order chi connectivity index (χ0) is 14.1. The quantitative estimate of drug-likeness (QED) is 0.919. The van der Waals surface area contributed by atoms with Gasteiger partial charge in [0.2, 0.25) is 5.91 Å². The molecule has 2 bridgehead atoms. The number of fused-ring (bicyclic) bond motifs is 2. The highest BCUT2D eigenvalue weighted by Crippen LogP contribution is 2.33. The summed E-state index contributed by atoms with van der Waals surface area (Å²) >= 11 is 1.79. The first-order valence-corrected chi connectivity index (χ1v) is 8.47. The first-order valence-electron chi connectivity index (χ1n) is 7.65. The summed E-state index contributed by atoms with van der Waals surface area (Å²) in [5, 5.41) is 3.64. The SMILES string of the molecule is Cc1ccc(CN(C)C(=O)CC2CC3CCC(C2)N3)s1.Cl. The maximum atomic E-state index is 12.4. The largest absolute Gasteiger partial charge is 0.341 e. The second-order valence-corrected chi connectivity index (χ2v) is 7.81. The summed E-state index contributed by atoms with van der Waals surface area (Å²) in [6.45, 7) is 2.87. The number of hydrogen-bond acceptors (Lipinski definition) is 3. The molecule has 3 heterocycles. The Morgan fingerprint density at radius 3 is 2.57 bits per heavy atom. The van der Waals surface area contributed by atoms with Gasteiger partial charge in [0, 0.05) is 35.3 Å². The summed E-state index contributed by atoms with van der Waals surface area (Å²) in [7, 11) is 1.94. The van der Waals surface area contributed by atoms with Gasteiger partial charge in [0.1, 0.15) is 0 Å². The van der Waals surface area contributed by atoms with E-state index in [-0.39, 0.29) is 12.4 Å². The van der Waals surface area contributed by atoms with Crippen molar-refractivity contribution in [1.29, 1.82) is 0 Å². The maximum Gasteiger partial charge on any atom is 0.222 e. The minimum absolute atomic E-state index is 0. The minimum atomic E-state index is 0. The minimum Gasteiger partial charge on any atom is -0.341 e. The van der Waals surface area contributed by atoms with Crippen molar-refractivity contribution in [2.24, 2.45) is 5.92 Å². The van der Waals surface area contributed by atoms with Crippen LogP contribution in [0.15, 0.2) is 12.1 Å². The molecular weight excluding hydrogens is 304 g/mol. The number of carbonyl (C=O) groups is 1.